The van der Waals surface area contributed by atoms with Crippen LogP contribution in [0, 0.1) is 12.8 Å². The van der Waals surface area contributed by atoms with Gasteiger partial charge in [0.25, 0.3) is 5.91 Å². The number of carbonyl (C=O) groups is 2. The number of aryl methyl sites for hydroxylation is 1. The molecule has 3 aliphatic rings. The molecule has 3 heterocycles. The highest BCUT2D eigenvalue weighted by atomic mass is 16.5. The van der Waals surface area contributed by atoms with Crippen LogP contribution in [0.15, 0.2) is 53.1 Å². The monoisotopic (exact) mass is 543 g/mol. The topological polar surface area (TPSA) is 93.9 Å². The van der Waals surface area contributed by atoms with Crippen molar-refractivity contribution in [2.45, 2.75) is 70.6 Å². The standard InChI is InChI=1S/C32H37N3O5/c1-21-8-10-23(11-9-21)30-27-17-25(13-12-22(27)14-15-35(30)32(37)24-5-2-3-6-24)39-20-29-34-28(19-40-29)31(36)33-18-26-7-4-16-38-26/h8-13,17,19,24,26,30H,2-7,14-16,18,20H2,1H3,(H,33,36). The molecule has 2 unspecified atom stereocenters. The third-order valence-electron chi connectivity index (χ3n) is 8.39. The van der Waals surface area contributed by atoms with Gasteiger partial charge >= 0.3 is 0 Å². The Kier molecular flexibility index (Phi) is 7.86. The summed E-state index contributed by atoms with van der Waals surface area (Å²) in [6.45, 7) is 4.10. The zero-order valence-electron chi connectivity index (χ0n) is 23.1. The Morgan fingerprint density at radius 2 is 1.90 bits per heavy atom. The number of benzene rings is 2. The van der Waals surface area contributed by atoms with Crippen molar-refractivity contribution in [1.82, 2.24) is 15.2 Å². The molecule has 3 aromatic rings. The molecular formula is C32H37N3O5. The summed E-state index contributed by atoms with van der Waals surface area (Å²) in [7, 11) is 0. The van der Waals surface area contributed by atoms with E-state index >= 15 is 0 Å². The smallest absolute Gasteiger partial charge is 0.273 e. The molecule has 1 saturated carbocycles. The summed E-state index contributed by atoms with van der Waals surface area (Å²) in [6.07, 6.45) is 8.45. The van der Waals surface area contributed by atoms with Crippen LogP contribution in [0.2, 0.25) is 0 Å². The lowest BCUT2D eigenvalue weighted by molar-refractivity contribution is -0.137. The molecule has 1 N–H and O–H groups in total. The molecule has 8 heteroatoms. The molecule has 0 spiro atoms. The van der Waals surface area contributed by atoms with Gasteiger partial charge in [-0.1, -0.05) is 48.7 Å². The molecule has 1 saturated heterocycles. The van der Waals surface area contributed by atoms with Gasteiger partial charge in [0.15, 0.2) is 12.3 Å². The summed E-state index contributed by atoms with van der Waals surface area (Å²) in [5, 5.41) is 2.86. The van der Waals surface area contributed by atoms with Gasteiger partial charge in [0.2, 0.25) is 11.8 Å². The highest BCUT2D eigenvalue weighted by Gasteiger charge is 2.36. The van der Waals surface area contributed by atoms with Gasteiger partial charge in [0.05, 0.1) is 12.1 Å². The first kappa shape index (κ1) is 26.6. The molecule has 0 bridgehead atoms. The number of nitrogens with one attached hydrogen (secondary N) is 1. The summed E-state index contributed by atoms with van der Waals surface area (Å²) >= 11 is 0. The first-order chi connectivity index (χ1) is 19.5. The number of amides is 2. The molecule has 2 aromatic carbocycles. The van der Waals surface area contributed by atoms with Crippen LogP contribution in [0.4, 0.5) is 0 Å². The number of fused-ring (bicyclic) bond motifs is 1. The Bertz CT molecular complexity index is 1340. The van der Waals surface area contributed by atoms with E-state index < -0.39 is 0 Å². The second-order valence-corrected chi connectivity index (χ2v) is 11.2. The maximum absolute atomic E-state index is 13.7. The highest BCUT2D eigenvalue weighted by Crippen LogP contribution is 2.40. The van der Waals surface area contributed by atoms with Crippen LogP contribution in [0.1, 0.15) is 83.2 Å². The third-order valence-corrected chi connectivity index (χ3v) is 8.39. The molecule has 1 aliphatic carbocycles. The van der Waals surface area contributed by atoms with E-state index in [2.05, 4.69) is 52.5 Å². The fourth-order valence-corrected chi connectivity index (χ4v) is 6.16. The Morgan fingerprint density at radius 1 is 1.07 bits per heavy atom. The second-order valence-electron chi connectivity index (χ2n) is 11.2. The van der Waals surface area contributed by atoms with Crippen LogP contribution >= 0.6 is 0 Å². The van der Waals surface area contributed by atoms with Crippen molar-refractivity contribution in [2.24, 2.45) is 5.92 Å². The van der Waals surface area contributed by atoms with Gasteiger partial charge in [-0.25, -0.2) is 4.98 Å². The summed E-state index contributed by atoms with van der Waals surface area (Å²) in [5.41, 5.74) is 4.86. The molecule has 2 atom stereocenters. The lowest BCUT2D eigenvalue weighted by Gasteiger charge is -2.39. The number of hydrogen-bond acceptors (Lipinski definition) is 6. The van der Waals surface area contributed by atoms with Crippen molar-refractivity contribution < 1.29 is 23.5 Å². The van der Waals surface area contributed by atoms with E-state index in [1.54, 1.807) is 0 Å². The molecule has 6 rings (SSSR count). The van der Waals surface area contributed by atoms with Gasteiger partial charge in [0.1, 0.15) is 12.0 Å². The SMILES string of the molecule is Cc1ccc(C2c3cc(OCc4nc(C(=O)NCC5CCCO5)co4)ccc3CCN2C(=O)C2CCCC2)cc1. The Morgan fingerprint density at radius 3 is 2.67 bits per heavy atom. The fraction of sp³-hybridized carbons (Fsp3) is 0.469. The molecule has 8 nitrogen and oxygen atoms in total. The van der Waals surface area contributed by atoms with Gasteiger partial charge < -0.3 is 24.1 Å². The number of rotatable bonds is 8. The maximum Gasteiger partial charge on any atom is 0.273 e. The van der Waals surface area contributed by atoms with Crippen LogP contribution in [-0.4, -0.2) is 47.5 Å². The van der Waals surface area contributed by atoms with Crippen molar-refractivity contribution in [3.63, 3.8) is 0 Å². The minimum Gasteiger partial charge on any atom is -0.484 e. The Hall–Kier alpha value is -3.65. The quantitative estimate of drug-likeness (QED) is 0.423. The summed E-state index contributed by atoms with van der Waals surface area (Å²) in [6, 6.07) is 14.4. The average molecular weight is 544 g/mol. The Balaban J connectivity index is 1.17. The van der Waals surface area contributed by atoms with Gasteiger partial charge in [-0.3, -0.25) is 9.59 Å². The maximum atomic E-state index is 13.7. The predicted molar refractivity (Wildman–Crippen MR) is 149 cm³/mol. The summed E-state index contributed by atoms with van der Waals surface area (Å²) in [4.78, 5) is 32.5. The van der Waals surface area contributed by atoms with Crippen molar-refractivity contribution in [2.75, 3.05) is 19.7 Å². The minimum atomic E-state index is -0.285. The number of oxazole rings is 1. The van der Waals surface area contributed by atoms with Crippen molar-refractivity contribution in [3.8, 4) is 5.75 Å². The summed E-state index contributed by atoms with van der Waals surface area (Å²) in [5.74, 6) is 1.11. The normalized spacial score (nSPS) is 20.9. The van der Waals surface area contributed by atoms with Crippen LogP contribution in [-0.2, 0) is 22.6 Å². The van der Waals surface area contributed by atoms with Crippen LogP contribution in [0.3, 0.4) is 0 Å². The largest absolute Gasteiger partial charge is 0.484 e. The van der Waals surface area contributed by atoms with E-state index in [4.69, 9.17) is 13.9 Å². The average Bonchev–Trinajstić information content (AvgIpc) is 3.78. The second kappa shape index (κ2) is 11.8. The molecular weight excluding hydrogens is 506 g/mol. The molecule has 2 fully saturated rings. The van der Waals surface area contributed by atoms with E-state index in [1.165, 1.54) is 17.4 Å². The van der Waals surface area contributed by atoms with Gasteiger partial charge in [-0.2, -0.15) is 0 Å². The predicted octanol–water partition coefficient (Wildman–Crippen LogP) is 5.14. The van der Waals surface area contributed by atoms with Gasteiger partial charge in [-0.05, 0) is 67.9 Å². The summed E-state index contributed by atoms with van der Waals surface area (Å²) < 4.78 is 17.2. The van der Waals surface area contributed by atoms with E-state index in [0.717, 1.165) is 69.2 Å². The third kappa shape index (κ3) is 5.77. The number of nitrogens with zero attached hydrogens (tertiary/aromatic N) is 2. The van der Waals surface area contributed by atoms with Crippen LogP contribution in [0.25, 0.3) is 0 Å². The van der Waals surface area contributed by atoms with E-state index in [9.17, 15) is 9.59 Å². The first-order valence-electron chi connectivity index (χ1n) is 14.5. The van der Waals surface area contributed by atoms with E-state index in [1.807, 2.05) is 12.1 Å². The van der Waals surface area contributed by atoms with Crippen LogP contribution in [0.5, 0.6) is 5.75 Å². The van der Waals surface area contributed by atoms with Gasteiger partial charge in [0, 0.05) is 25.6 Å². The van der Waals surface area contributed by atoms with Crippen molar-refractivity contribution in [3.05, 3.63) is 82.6 Å². The highest BCUT2D eigenvalue weighted by molar-refractivity contribution is 5.91. The number of hydrogen-bond donors (Lipinski definition) is 1. The number of ether oxygens (including phenoxy) is 2. The van der Waals surface area contributed by atoms with Gasteiger partial charge in [-0.15, -0.1) is 0 Å². The molecule has 0 radical (unpaired) electrons. The van der Waals surface area contributed by atoms with E-state index in [0.29, 0.717) is 18.2 Å². The minimum absolute atomic E-state index is 0.0655. The molecule has 2 amide bonds. The molecule has 210 valence electrons. The van der Waals surface area contributed by atoms with Crippen LogP contribution < -0.4 is 10.1 Å². The number of aromatic nitrogens is 1. The zero-order chi connectivity index (χ0) is 27.5. The fourth-order valence-electron chi connectivity index (χ4n) is 6.16. The number of carbonyl (C=O) groups excluding carboxylic acids is 2. The lowest BCUT2D eigenvalue weighted by atomic mass is 9.86. The van der Waals surface area contributed by atoms with Crippen molar-refractivity contribution in [1.29, 1.82) is 0 Å². The molecule has 2 aliphatic heterocycles. The van der Waals surface area contributed by atoms with E-state index in [-0.39, 0.29) is 42.2 Å². The first-order valence-corrected chi connectivity index (χ1v) is 14.5. The molecule has 1 aromatic heterocycles. The Labute approximate surface area is 235 Å². The lowest BCUT2D eigenvalue weighted by Crippen LogP contribution is -2.43. The van der Waals surface area contributed by atoms with Crippen molar-refractivity contribution >= 4 is 11.8 Å². The zero-order valence-corrected chi connectivity index (χ0v) is 23.1. The molecule has 40 heavy (non-hydrogen) atoms.